The van der Waals surface area contributed by atoms with Gasteiger partial charge >= 0.3 is 19.3 Å². The van der Waals surface area contributed by atoms with Gasteiger partial charge in [0, 0.05) is 18.7 Å². The molecule has 11 nitrogen and oxygen atoms in total. The highest BCUT2D eigenvalue weighted by Crippen LogP contribution is 2.65. The zero-order chi connectivity index (χ0) is 38.8. The Balaban J connectivity index is 1.14. The summed E-state index contributed by atoms with van der Waals surface area (Å²) in [5.41, 5.74) is -1.03. The van der Waals surface area contributed by atoms with Gasteiger partial charge in [0.1, 0.15) is 17.6 Å². The lowest BCUT2D eigenvalue weighted by Gasteiger charge is -2.64. The number of alkyl halides is 3. The SMILES string of the molecule is CCc1ccc(NC(=O)N[C@]2(C)C[C@@H](C(=O)N[C@@H](CC)B3O[C@@H]4C[C@@H]5C[C@@H](C5(C)C)[C@]4(C)O3)n3c2ncc(NCc2cccc(C(F)(F)F)c2)c3=O)cc1. The fraction of sp³-hybridized carbons (Fsp3) is 0.538. The van der Waals surface area contributed by atoms with E-state index in [0.717, 1.165) is 37.0 Å². The largest absolute Gasteiger partial charge is 0.481 e. The van der Waals surface area contributed by atoms with Crippen LogP contribution in [0.3, 0.4) is 0 Å². The lowest BCUT2D eigenvalue weighted by molar-refractivity contribution is -0.199. The highest BCUT2D eigenvalue weighted by molar-refractivity contribution is 6.47. The topological polar surface area (TPSA) is 136 Å². The molecule has 0 radical (unpaired) electrons. The zero-order valence-electron chi connectivity index (χ0n) is 31.5. The Morgan fingerprint density at radius 2 is 1.80 bits per heavy atom. The fourth-order valence-electron chi connectivity index (χ4n) is 9.18. The third kappa shape index (κ3) is 6.67. The molecule has 54 heavy (non-hydrogen) atoms. The van der Waals surface area contributed by atoms with Crippen molar-refractivity contribution in [1.29, 1.82) is 0 Å². The van der Waals surface area contributed by atoms with Gasteiger partial charge in [-0.3, -0.25) is 14.2 Å². The number of carbonyl (C=O) groups is 2. The van der Waals surface area contributed by atoms with Crippen LogP contribution in [0.2, 0.25) is 0 Å². The molecule has 4 fully saturated rings. The van der Waals surface area contributed by atoms with Gasteiger partial charge in [0.25, 0.3) is 5.56 Å². The van der Waals surface area contributed by atoms with Crippen LogP contribution in [0.15, 0.2) is 59.5 Å². The summed E-state index contributed by atoms with van der Waals surface area (Å²) in [7, 11) is -0.685. The maximum absolute atomic E-state index is 14.3. The number of benzene rings is 2. The molecule has 288 valence electrons. The van der Waals surface area contributed by atoms with Crippen LogP contribution in [-0.4, -0.2) is 46.3 Å². The van der Waals surface area contributed by atoms with Crippen LogP contribution in [0.4, 0.5) is 29.3 Å². The van der Waals surface area contributed by atoms with Crippen LogP contribution in [0, 0.1) is 17.3 Å². The minimum atomic E-state index is -4.52. The lowest BCUT2D eigenvalue weighted by Crippen LogP contribution is -2.65. The van der Waals surface area contributed by atoms with E-state index in [-0.39, 0.29) is 36.0 Å². The summed E-state index contributed by atoms with van der Waals surface area (Å²) in [5, 5.41) is 11.8. The average molecular weight is 749 g/mol. The molecule has 0 unspecified atom stereocenters. The van der Waals surface area contributed by atoms with E-state index in [4.69, 9.17) is 9.31 Å². The molecule has 0 spiro atoms. The van der Waals surface area contributed by atoms with E-state index < -0.39 is 59.5 Å². The number of nitrogens with zero attached hydrogens (tertiary/aromatic N) is 2. The van der Waals surface area contributed by atoms with Crippen molar-refractivity contribution in [2.45, 2.75) is 116 Å². The first kappa shape index (κ1) is 37.9. The highest BCUT2D eigenvalue weighted by Gasteiger charge is 2.68. The van der Waals surface area contributed by atoms with Gasteiger partial charge in [-0.05, 0) is 92.2 Å². The van der Waals surface area contributed by atoms with Crippen LogP contribution in [0.25, 0.3) is 0 Å². The summed E-state index contributed by atoms with van der Waals surface area (Å²) in [6.45, 7) is 12.2. The molecule has 2 aromatic carbocycles. The van der Waals surface area contributed by atoms with Crippen LogP contribution in [-0.2, 0) is 38.8 Å². The Morgan fingerprint density at radius 3 is 2.46 bits per heavy atom. The molecule has 3 heterocycles. The quantitative estimate of drug-likeness (QED) is 0.172. The van der Waals surface area contributed by atoms with Crippen molar-refractivity contribution in [2.24, 2.45) is 17.3 Å². The summed E-state index contributed by atoms with van der Waals surface area (Å²) in [5.74, 6) is 0.0588. The number of fused-ring (bicyclic) bond motifs is 1. The van der Waals surface area contributed by atoms with E-state index >= 15 is 0 Å². The number of aryl methyl sites for hydroxylation is 1. The van der Waals surface area contributed by atoms with Crippen LogP contribution in [0.1, 0.15) is 95.8 Å². The Labute approximate surface area is 313 Å². The van der Waals surface area contributed by atoms with E-state index in [1.54, 1.807) is 19.1 Å². The second-order valence-electron chi connectivity index (χ2n) is 16.3. The fourth-order valence-corrected chi connectivity index (χ4v) is 9.18. The number of carbonyl (C=O) groups excluding carboxylic acids is 2. The van der Waals surface area contributed by atoms with Crippen LogP contribution < -0.4 is 26.8 Å². The minimum Gasteiger partial charge on any atom is -0.404 e. The number of amides is 3. The second kappa shape index (κ2) is 13.7. The summed E-state index contributed by atoms with van der Waals surface area (Å²) >= 11 is 0. The first-order valence-electron chi connectivity index (χ1n) is 18.8. The smallest absolute Gasteiger partial charge is 0.404 e. The number of hydrogen-bond donors (Lipinski definition) is 4. The molecule has 2 bridgehead atoms. The third-order valence-electron chi connectivity index (χ3n) is 12.5. The van der Waals surface area contributed by atoms with Gasteiger partial charge in [-0.25, -0.2) is 9.78 Å². The molecule has 1 saturated heterocycles. The maximum Gasteiger partial charge on any atom is 0.481 e. The number of rotatable bonds is 10. The summed E-state index contributed by atoms with van der Waals surface area (Å²) in [6, 6.07) is 10.6. The average Bonchev–Trinajstić information content (AvgIpc) is 3.64. The van der Waals surface area contributed by atoms with E-state index in [1.807, 2.05) is 26.0 Å². The normalized spacial score (nSPS) is 28.4. The number of halogens is 3. The van der Waals surface area contributed by atoms with Gasteiger partial charge in [-0.1, -0.05) is 52.0 Å². The summed E-state index contributed by atoms with van der Waals surface area (Å²) in [6.07, 6.45) is -0.000463. The van der Waals surface area contributed by atoms with Gasteiger partial charge in [-0.15, -0.1) is 0 Å². The van der Waals surface area contributed by atoms with Crippen molar-refractivity contribution in [3.05, 3.63) is 87.6 Å². The summed E-state index contributed by atoms with van der Waals surface area (Å²) < 4.78 is 54.5. The van der Waals surface area contributed by atoms with Gasteiger partial charge in [-0.2, -0.15) is 13.2 Å². The number of hydrogen-bond acceptors (Lipinski definition) is 7. The molecule has 1 aromatic heterocycles. The Hall–Kier alpha value is -4.37. The molecule has 3 amide bonds. The standard InChI is InChI=1S/C39H48BF3N6O5/c1-7-22-12-14-26(15-13-22)46-35(52)48-37(5)19-28(32(50)47-31(8-2)40-53-30-18-25-17-29(36(25,3)4)38(30,6)54-40)49-33(51)27(21-45-34(37)49)44-20-23-10-9-11-24(16-23)39(41,42)43/h9-16,21,25,28-31,44H,7-8,17-20H2,1-6H3,(H,47,50)(H2,46,48,52)/t25-,28-,29-,30+,31-,37+,38-/m0/s1. The first-order chi connectivity index (χ1) is 25.5. The van der Waals surface area contributed by atoms with Crippen molar-refractivity contribution < 1.29 is 32.1 Å². The van der Waals surface area contributed by atoms with E-state index in [1.165, 1.54) is 22.9 Å². The Morgan fingerprint density at radius 1 is 1.06 bits per heavy atom. The predicted octanol–water partition coefficient (Wildman–Crippen LogP) is 6.58. The second-order valence-corrected chi connectivity index (χ2v) is 16.3. The van der Waals surface area contributed by atoms with Crippen LogP contribution in [0.5, 0.6) is 0 Å². The van der Waals surface area contributed by atoms with Crippen molar-refractivity contribution >= 4 is 30.4 Å². The number of urea groups is 1. The Kier molecular flexibility index (Phi) is 9.65. The molecule has 7 atom stereocenters. The van der Waals surface area contributed by atoms with Gasteiger partial charge in [0.05, 0.1) is 34.9 Å². The lowest BCUT2D eigenvalue weighted by atomic mass is 9.43. The van der Waals surface area contributed by atoms with Gasteiger partial charge in [0.15, 0.2) is 0 Å². The van der Waals surface area contributed by atoms with Crippen LogP contribution >= 0.6 is 0 Å². The Bertz CT molecular complexity index is 1990. The molecule has 2 aliphatic heterocycles. The monoisotopic (exact) mass is 748 g/mol. The molecule has 3 saturated carbocycles. The maximum atomic E-state index is 14.3. The predicted molar refractivity (Wildman–Crippen MR) is 199 cm³/mol. The summed E-state index contributed by atoms with van der Waals surface area (Å²) in [4.78, 5) is 46.5. The minimum absolute atomic E-state index is 0.00143. The highest BCUT2D eigenvalue weighted by atomic mass is 19.4. The van der Waals surface area contributed by atoms with Crippen molar-refractivity contribution in [2.75, 3.05) is 10.6 Å². The van der Waals surface area contributed by atoms with Crippen molar-refractivity contribution in [3.8, 4) is 0 Å². The number of nitrogens with one attached hydrogen (secondary N) is 4. The molecular weight excluding hydrogens is 700 g/mol. The van der Waals surface area contributed by atoms with Gasteiger partial charge in [0.2, 0.25) is 5.91 Å². The molecule has 3 aromatic rings. The van der Waals surface area contributed by atoms with E-state index in [0.29, 0.717) is 29.5 Å². The molecule has 8 rings (SSSR count). The molecule has 5 aliphatic rings. The molecule has 15 heteroatoms. The molecular formula is C39H48BF3N6O5. The third-order valence-corrected chi connectivity index (χ3v) is 12.5. The molecule has 4 N–H and O–H groups in total. The van der Waals surface area contributed by atoms with Crippen molar-refractivity contribution in [1.82, 2.24) is 20.2 Å². The van der Waals surface area contributed by atoms with Crippen molar-refractivity contribution in [3.63, 3.8) is 0 Å². The first-order valence-corrected chi connectivity index (χ1v) is 18.8. The van der Waals surface area contributed by atoms with E-state index in [2.05, 4.69) is 47.0 Å². The number of anilines is 2. The van der Waals surface area contributed by atoms with E-state index in [9.17, 15) is 27.6 Å². The molecule has 3 aliphatic carbocycles. The zero-order valence-corrected chi connectivity index (χ0v) is 31.5. The number of aromatic nitrogens is 2. The van der Waals surface area contributed by atoms with Gasteiger partial charge < -0.3 is 30.6 Å².